The summed E-state index contributed by atoms with van der Waals surface area (Å²) in [5.41, 5.74) is 2.45. The second-order valence-corrected chi connectivity index (χ2v) is 10.3. The Labute approximate surface area is 186 Å². The van der Waals surface area contributed by atoms with Crippen molar-refractivity contribution in [2.75, 3.05) is 5.32 Å². The zero-order chi connectivity index (χ0) is 21.5. The van der Waals surface area contributed by atoms with E-state index in [-0.39, 0.29) is 6.04 Å². The van der Waals surface area contributed by atoms with Crippen molar-refractivity contribution in [3.8, 4) is 0 Å². The van der Waals surface area contributed by atoms with Crippen LogP contribution in [0.25, 0.3) is 0 Å². The molecule has 30 heavy (non-hydrogen) atoms. The molecule has 2 aliphatic carbocycles. The van der Waals surface area contributed by atoms with Crippen LogP contribution in [0.15, 0.2) is 29.3 Å². The Morgan fingerprint density at radius 2 is 1.37 bits per heavy atom. The summed E-state index contributed by atoms with van der Waals surface area (Å²) in [6, 6.07) is 9.48. The van der Waals surface area contributed by atoms with E-state index >= 15 is 0 Å². The molecule has 1 aromatic rings. The van der Waals surface area contributed by atoms with Gasteiger partial charge in [-0.3, -0.25) is 4.99 Å². The first-order valence-corrected chi connectivity index (χ1v) is 12.7. The molecule has 166 valence electrons. The van der Waals surface area contributed by atoms with Gasteiger partial charge in [0.1, 0.15) is 0 Å². The van der Waals surface area contributed by atoms with Gasteiger partial charge in [0.25, 0.3) is 6.85 Å². The number of nitrogens with zero attached hydrogens (tertiary/aromatic N) is 2. The lowest BCUT2D eigenvalue weighted by Gasteiger charge is -2.45. The highest BCUT2D eigenvalue weighted by Gasteiger charge is 2.42. The largest absolute Gasteiger partial charge is 0.384 e. The summed E-state index contributed by atoms with van der Waals surface area (Å²) in [5.74, 6) is 2.70. The highest BCUT2D eigenvalue weighted by molar-refractivity contribution is 6.62. The van der Waals surface area contributed by atoms with Gasteiger partial charge in [0.2, 0.25) is 0 Å². The maximum absolute atomic E-state index is 5.16. The molecule has 2 saturated carbocycles. The van der Waals surface area contributed by atoms with Gasteiger partial charge in [-0.25, -0.2) is 0 Å². The van der Waals surface area contributed by atoms with Crippen molar-refractivity contribution in [3.63, 3.8) is 0 Å². The Balaban J connectivity index is 1.95. The zero-order valence-corrected chi connectivity index (χ0v) is 20.2. The first-order chi connectivity index (χ1) is 14.5. The number of anilines is 1. The van der Waals surface area contributed by atoms with Crippen molar-refractivity contribution in [2.45, 2.75) is 123 Å². The number of hydrogen-bond donors (Lipinski definition) is 1. The second kappa shape index (κ2) is 11.3. The van der Waals surface area contributed by atoms with E-state index in [0.717, 1.165) is 23.3 Å². The number of aliphatic imine (C=N–C) groups is 1. The normalized spacial score (nSPS) is 19.4. The third-order valence-electron chi connectivity index (χ3n) is 7.08. The smallest absolute Gasteiger partial charge is 0.264 e. The minimum atomic E-state index is 0.276. The molecular formula is C26H44BN3. The summed E-state index contributed by atoms with van der Waals surface area (Å²) in [4.78, 5) is 7.86. The molecule has 0 saturated heterocycles. The van der Waals surface area contributed by atoms with Crippen LogP contribution in [-0.4, -0.2) is 29.7 Å². The average Bonchev–Trinajstić information content (AvgIpc) is 2.74. The van der Waals surface area contributed by atoms with Crippen LogP contribution in [0.1, 0.15) is 97.5 Å². The number of aryl methyl sites for hydroxylation is 1. The standard InChI is InChI=1S/C26H44BN3/c1-20(2)28-26(29-25-18-16-22(5)17-19-25)30(21(3)4)27(23-12-8-6-9-13-23)24-14-10-7-11-15-24/h16-21,23-24H,6-15H2,1-5H3,(H,28,29). The highest BCUT2D eigenvalue weighted by Crippen LogP contribution is 2.43. The van der Waals surface area contributed by atoms with Crippen LogP contribution in [0.2, 0.25) is 11.6 Å². The summed E-state index contributed by atoms with van der Waals surface area (Å²) < 4.78 is 0. The molecule has 0 amide bonds. The van der Waals surface area contributed by atoms with Crippen molar-refractivity contribution in [1.82, 2.24) is 4.81 Å². The number of hydrogen-bond acceptors (Lipinski definition) is 1. The molecule has 2 aliphatic rings. The van der Waals surface area contributed by atoms with Crippen molar-refractivity contribution >= 4 is 18.5 Å². The predicted octanol–water partition coefficient (Wildman–Crippen LogP) is 7.54. The molecule has 4 heteroatoms. The van der Waals surface area contributed by atoms with Crippen molar-refractivity contribution in [1.29, 1.82) is 0 Å². The minimum absolute atomic E-state index is 0.276. The van der Waals surface area contributed by atoms with Crippen molar-refractivity contribution < 1.29 is 0 Å². The second-order valence-electron chi connectivity index (χ2n) is 10.3. The molecule has 0 aromatic heterocycles. The monoisotopic (exact) mass is 409 g/mol. The third-order valence-corrected chi connectivity index (χ3v) is 7.08. The van der Waals surface area contributed by atoms with E-state index in [4.69, 9.17) is 4.99 Å². The fraction of sp³-hybridized carbons (Fsp3) is 0.731. The lowest BCUT2D eigenvalue weighted by atomic mass is 9.37. The van der Waals surface area contributed by atoms with E-state index in [0.29, 0.717) is 12.9 Å². The lowest BCUT2D eigenvalue weighted by molar-refractivity contribution is 0.407. The molecule has 1 N–H and O–H groups in total. The Morgan fingerprint density at radius 1 is 0.867 bits per heavy atom. The SMILES string of the molecule is Cc1ccc(NC(=NC(C)C)N(B(C2CCCCC2)C2CCCCC2)C(C)C)cc1. The van der Waals surface area contributed by atoms with Crippen LogP contribution in [-0.2, 0) is 0 Å². The van der Waals surface area contributed by atoms with Crippen LogP contribution in [0.4, 0.5) is 5.69 Å². The summed E-state index contributed by atoms with van der Waals surface area (Å²) >= 11 is 0. The zero-order valence-electron chi connectivity index (χ0n) is 20.2. The Morgan fingerprint density at radius 3 is 1.80 bits per heavy atom. The van der Waals surface area contributed by atoms with Gasteiger partial charge in [-0.2, -0.15) is 0 Å². The van der Waals surface area contributed by atoms with Gasteiger partial charge in [0.05, 0.1) is 0 Å². The van der Waals surface area contributed by atoms with Gasteiger partial charge in [0, 0.05) is 17.8 Å². The van der Waals surface area contributed by atoms with Gasteiger partial charge in [0.15, 0.2) is 5.96 Å². The predicted molar refractivity (Wildman–Crippen MR) is 134 cm³/mol. The Bertz CT molecular complexity index is 637. The highest BCUT2D eigenvalue weighted by atomic mass is 15.3. The van der Waals surface area contributed by atoms with E-state index in [2.05, 4.69) is 69.0 Å². The van der Waals surface area contributed by atoms with Gasteiger partial charge in [-0.1, -0.05) is 81.9 Å². The summed E-state index contributed by atoms with van der Waals surface area (Å²) in [7, 11) is 0. The van der Waals surface area contributed by atoms with E-state index in [1.54, 1.807) is 0 Å². The van der Waals surface area contributed by atoms with Gasteiger partial charge in [-0.05, 0) is 58.4 Å². The van der Waals surface area contributed by atoms with E-state index in [1.807, 2.05) is 0 Å². The van der Waals surface area contributed by atoms with Gasteiger partial charge in [-0.15, -0.1) is 0 Å². The third kappa shape index (κ3) is 6.28. The molecule has 0 spiro atoms. The van der Waals surface area contributed by atoms with E-state index in [9.17, 15) is 0 Å². The van der Waals surface area contributed by atoms with Crippen molar-refractivity contribution in [3.05, 3.63) is 29.8 Å². The molecule has 0 aliphatic heterocycles. The topological polar surface area (TPSA) is 27.6 Å². The number of rotatable bonds is 6. The Kier molecular flexibility index (Phi) is 8.71. The maximum atomic E-state index is 5.16. The van der Waals surface area contributed by atoms with Gasteiger partial charge >= 0.3 is 0 Å². The van der Waals surface area contributed by atoms with E-state index < -0.39 is 0 Å². The van der Waals surface area contributed by atoms with E-state index in [1.165, 1.54) is 69.8 Å². The average molecular weight is 409 g/mol. The van der Waals surface area contributed by atoms with Gasteiger partial charge < -0.3 is 10.1 Å². The molecule has 0 radical (unpaired) electrons. The fourth-order valence-electron chi connectivity index (χ4n) is 5.69. The number of guanidine groups is 1. The van der Waals surface area contributed by atoms with Crippen LogP contribution >= 0.6 is 0 Å². The Hall–Kier alpha value is -1.45. The van der Waals surface area contributed by atoms with Crippen molar-refractivity contribution in [2.24, 2.45) is 4.99 Å². The summed E-state index contributed by atoms with van der Waals surface area (Å²) in [6.07, 6.45) is 14.0. The number of benzene rings is 1. The number of nitrogens with one attached hydrogen (secondary N) is 1. The fourth-order valence-corrected chi connectivity index (χ4v) is 5.69. The minimum Gasteiger partial charge on any atom is -0.384 e. The quantitative estimate of drug-likeness (QED) is 0.298. The van der Waals surface area contributed by atoms with Crippen LogP contribution in [0.5, 0.6) is 0 Å². The molecule has 0 heterocycles. The summed E-state index contributed by atoms with van der Waals surface area (Å²) in [6.45, 7) is 11.9. The molecule has 0 atom stereocenters. The molecule has 3 rings (SSSR count). The first-order valence-electron chi connectivity index (χ1n) is 12.7. The van der Waals surface area contributed by atoms with Crippen LogP contribution in [0, 0.1) is 6.92 Å². The molecular weight excluding hydrogens is 365 g/mol. The lowest BCUT2D eigenvalue weighted by Crippen LogP contribution is -2.55. The van der Waals surface area contributed by atoms with Crippen LogP contribution in [0.3, 0.4) is 0 Å². The molecule has 0 bridgehead atoms. The summed E-state index contributed by atoms with van der Waals surface area (Å²) in [5, 5.41) is 3.75. The molecule has 3 nitrogen and oxygen atoms in total. The molecule has 0 unspecified atom stereocenters. The maximum Gasteiger partial charge on any atom is 0.264 e. The molecule has 1 aromatic carbocycles. The molecule has 2 fully saturated rings. The first kappa shape index (κ1) is 23.2. The van der Waals surface area contributed by atoms with Crippen LogP contribution < -0.4 is 5.32 Å².